The van der Waals surface area contributed by atoms with Gasteiger partial charge in [0.2, 0.25) is 0 Å². The summed E-state index contributed by atoms with van der Waals surface area (Å²) >= 11 is 9.38. The summed E-state index contributed by atoms with van der Waals surface area (Å²) in [6.07, 6.45) is 1.08. The van der Waals surface area contributed by atoms with Gasteiger partial charge in [0, 0.05) is 11.8 Å². The van der Waals surface area contributed by atoms with E-state index in [-0.39, 0.29) is 21.2 Å². The van der Waals surface area contributed by atoms with Gasteiger partial charge in [-0.1, -0.05) is 11.6 Å². The molecule has 134 valence electrons. The first kappa shape index (κ1) is 19.6. The molecule has 0 aliphatic rings. The predicted molar refractivity (Wildman–Crippen MR) is 99.8 cm³/mol. The SMILES string of the molecule is COc1cc(C(=O)Nc2cc(S(C)(=O)=O)ccc2Cl)cc(OC)c1Br. The quantitative estimate of drug-likeness (QED) is 0.753. The Hall–Kier alpha value is -1.77. The van der Waals surface area contributed by atoms with E-state index < -0.39 is 15.7 Å². The highest BCUT2D eigenvalue weighted by Gasteiger charge is 2.17. The number of carbonyl (C=O) groups is 1. The third-order valence-corrected chi connectivity index (χ3v) is 5.54. The third-order valence-electron chi connectivity index (χ3n) is 3.32. The molecule has 6 nitrogen and oxygen atoms in total. The Morgan fingerprint density at radius 1 is 1.12 bits per heavy atom. The second-order valence-corrected chi connectivity index (χ2v) is 8.28. The lowest BCUT2D eigenvalue weighted by molar-refractivity contribution is 0.102. The van der Waals surface area contributed by atoms with Crippen LogP contribution in [0, 0.1) is 0 Å². The Morgan fingerprint density at radius 2 is 1.68 bits per heavy atom. The minimum Gasteiger partial charge on any atom is -0.495 e. The van der Waals surface area contributed by atoms with Crippen LogP contribution in [0.5, 0.6) is 11.5 Å². The number of anilines is 1. The minimum absolute atomic E-state index is 0.0539. The molecule has 0 aliphatic carbocycles. The summed E-state index contributed by atoms with van der Waals surface area (Å²) in [5.74, 6) is 0.345. The molecule has 0 unspecified atom stereocenters. The molecule has 0 bridgehead atoms. The molecule has 0 fully saturated rings. The first-order valence-electron chi connectivity index (χ1n) is 6.90. The molecule has 0 aliphatic heterocycles. The minimum atomic E-state index is -3.43. The second kappa shape index (κ2) is 7.63. The van der Waals surface area contributed by atoms with Crippen LogP contribution in [0.3, 0.4) is 0 Å². The lowest BCUT2D eigenvalue weighted by Gasteiger charge is -2.13. The van der Waals surface area contributed by atoms with Crippen molar-refractivity contribution in [2.45, 2.75) is 4.90 Å². The van der Waals surface area contributed by atoms with E-state index in [9.17, 15) is 13.2 Å². The second-order valence-electron chi connectivity index (χ2n) is 5.06. The van der Waals surface area contributed by atoms with Gasteiger partial charge in [-0.05, 0) is 46.3 Å². The van der Waals surface area contributed by atoms with Gasteiger partial charge in [-0.25, -0.2) is 8.42 Å². The van der Waals surface area contributed by atoms with Gasteiger partial charge in [-0.2, -0.15) is 0 Å². The summed E-state index contributed by atoms with van der Waals surface area (Å²) in [7, 11) is -0.494. The fourth-order valence-electron chi connectivity index (χ4n) is 2.03. The fourth-order valence-corrected chi connectivity index (χ4v) is 3.39. The largest absolute Gasteiger partial charge is 0.495 e. The number of hydrogen-bond acceptors (Lipinski definition) is 5. The smallest absolute Gasteiger partial charge is 0.255 e. The molecule has 1 N–H and O–H groups in total. The van der Waals surface area contributed by atoms with Crippen LogP contribution >= 0.6 is 27.5 Å². The molecular formula is C16H15BrClNO5S. The van der Waals surface area contributed by atoms with Crippen molar-refractivity contribution in [3.63, 3.8) is 0 Å². The van der Waals surface area contributed by atoms with Gasteiger partial charge in [0.1, 0.15) is 16.0 Å². The zero-order chi connectivity index (χ0) is 18.8. The van der Waals surface area contributed by atoms with Gasteiger partial charge in [-0.3, -0.25) is 4.79 Å². The molecule has 9 heteroatoms. The van der Waals surface area contributed by atoms with E-state index in [0.717, 1.165) is 6.26 Å². The van der Waals surface area contributed by atoms with Crippen molar-refractivity contribution in [1.29, 1.82) is 0 Å². The molecule has 2 aromatic carbocycles. The van der Waals surface area contributed by atoms with Crippen LogP contribution in [0.25, 0.3) is 0 Å². The number of sulfone groups is 1. The number of rotatable bonds is 5. The Morgan fingerprint density at radius 3 is 2.16 bits per heavy atom. The van der Waals surface area contributed by atoms with Crippen molar-refractivity contribution in [2.75, 3.05) is 25.8 Å². The Balaban J connectivity index is 2.41. The zero-order valence-corrected chi connectivity index (χ0v) is 16.8. The molecule has 0 radical (unpaired) electrons. The maximum absolute atomic E-state index is 12.5. The van der Waals surface area contributed by atoms with Crippen LogP contribution in [0.15, 0.2) is 39.7 Å². The highest BCUT2D eigenvalue weighted by atomic mass is 79.9. The molecule has 25 heavy (non-hydrogen) atoms. The van der Waals surface area contributed by atoms with Gasteiger partial charge >= 0.3 is 0 Å². The first-order valence-corrected chi connectivity index (χ1v) is 9.96. The number of ether oxygens (including phenoxy) is 2. The topological polar surface area (TPSA) is 81.7 Å². The normalized spacial score (nSPS) is 11.1. The van der Waals surface area contributed by atoms with Crippen LogP contribution in [0.2, 0.25) is 5.02 Å². The molecule has 0 heterocycles. The number of hydrogen-bond donors (Lipinski definition) is 1. The van der Waals surface area contributed by atoms with Crippen LogP contribution in [0.1, 0.15) is 10.4 Å². The molecule has 0 spiro atoms. The predicted octanol–water partition coefficient (Wildman–Crippen LogP) is 3.78. The average molecular weight is 449 g/mol. The summed E-state index contributed by atoms with van der Waals surface area (Å²) in [5, 5.41) is 2.82. The van der Waals surface area contributed by atoms with Gasteiger partial charge in [0.15, 0.2) is 9.84 Å². The summed E-state index contributed by atoms with van der Waals surface area (Å²) in [4.78, 5) is 12.6. The van der Waals surface area contributed by atoms with Crippen molar-refractivity contribution in [3.05, 3.63) is 45.4 Å². The van der Waals surface area contributed by atoms with Crippen molar-refractivity contribution in [3.8, 4) is 11.5 Å². The van der Waals surface area contributed by atoms with Crippen LogP contribution < -0.4 is 14.8 Å². The summed E-state index contributed by atoms with van der Waals surface area (Å²) in [6.45, 7) is 0. The van der Waals surface area contributed by atoms with Gasteiger partial charge in [-0.15, -0.1) is 0 Å². The van der Waals surface area contributed by atoms with E-state index in [4.69, 9.17) is 21.1 Å². The van der Waals surface area contributed by atoms with E-state index in [1.807, 2.05) is 0 Å². The van der Waals surface area contributed by atoms with Gasteiger partial charge in [0.05, 0.1) is 29.8 Å². The number of carbonyl (C=O) groups excluding carboxylic acids is 1. The Bertz CT molecular complexity index is 905. The third kappa shape index (κ3) is 4.45. The number of halogens is 2. The van der Waals surface area contributed by atoms with Crippen molar-refractivity contribution in [2.24, 2.45) is 0 Å². The summed E-state index contributed by atoms with van der Waals surface area (Å²) in [5.41, 5.74) is 0.452. The Labute approximate surface area is 159 Å². The van der Waals surface area contributed by atoms with Crippen molar-refractivity contribution in [1.82, 2.24) is 0 Å². The molecule has 0 saturated heterocycles. The molecular weight excluding hydrogens is 434 g/mol. The summed E-state index contributed by atoms with van der Waals surface area (Å²) in [6, 6.07) is 7.14. The highest BCUT2D eigenvalue weighted by molar-refractivity contribution is 9.10. The standard InChI is InChI=1S/C16H15BrClNO5S/c1-23-13-6-9(7-14(24-2)15(13)17)16(20)19-12-8-10(25(3,21)22)4-5-11(12)18/h4-8H,1-3H3,(H,19,20). The number of methoxy groups -OCH3 is 2. The van der Waals surface area contributed by atoms with Crippen molar-refractivity contribution >= 4 is 49.0 Å². The highest BCUT2D eigenvalue weighted by Crippen LogP contribution is 2.36. The van der Waals surface area contributed by atoms with Crippen LogP contribution in [0.4, 0.5) is 5.69 Å². The van der Waals surface area contributed by atoms with Crippen LogP contribution in [-0.4, -0.2) is 34.8 Å². The lowest BCUT2D eigenvalue weighted by Crippen LogP contribution is -2.13. The van der Waals surface area contributed by atoms with E-state index in [1.54, 1.807) is 0 Å². The molecule has 1 amide bonds. The zero-order valence-electron chi connectivity index (χ0n) is 13.6. The fraction of sp³-hybridized carbons (Fsp3) is 0.188. The number of nitrogens with one attached hydrogen (secondary N) is 1. The first-order chi connectivity index (χ1) is 11.7. The van der Waals surface area contributed by atoms with Crippen molar-refractivity contribution < 1.29 is 22.7 Å². The average Bonchev–Trinajstić information content (AvgIpc) is 2.55. The monoisotopic (exact) mass is 447 g/mol. The maximum atomic E-state index is 12.5. The molecule has 2 rings (SSSR count). The van der Waals surface area contributed by atoms with Crippen LogP contribution in [-0.2, 0) is 9.84 Å². The summed E-state index contributed by atoms with van der Waals surface area (Å²) < 4.78 is 34.3. The van der Waals surface area contributed by atoms with Gasteiger partial charge < -0.3 is 14.8 Å². The molecule has 0 aromatic heterocycles. The molecule has 0 saturated carbocycles. The molecule has 0 atom stereocenters. The van der Waals surface area contributed by atoms with E-state index >= 15 is 0 Å². The van der Waals surface area contributed by atoms with E-state index in [1.165, 1.54) is 44.6 Å². The lowest BCUT2D eigenvalue weighted by atomic mass is 10.1. The molecule has 2 aromatic rings. The number of amides is 1. The van der Waals surface area contributed by atoms with E-state index in [0.29, 0.717) is 16.0 Å². The maximum Gasteiger partial charge on any atom is 0.255 e. The Kier molecular flexibility index (Phi) is 5.97. The van der Waals surface area contributed by atoms with E-state index in [2.05, 4.69) is 21.2 Å². The number of benzene rings is 2. The van der Waals surface area contributed by atoms with Gasteiger partial charge in [0.25, 0.3) is 5.91 Å².